The van der Waals surface area contributed by atoms with Crippen molar-refractivity contribution in [3.63, 3.8) is 0 Å². The molecule has 1 N–H and O–H groups in total. The topological polar surface area (TPSA) is 49.4 Å². The van der Waals surface area contributed by atoms with Crippen molar-refractivity contribution >= 4 is 35.2 Å². The minimum Gasteiger partial charge on any atom is -0.352 e. The van der Waals surface area contributed by atoms with Crippen LogP contribution in [0.5, 0.6) is 0 Å². The van der Waals surface area contributed by atoms with Gasteiger partial charge >= 0.3 is 0 Å². The van der Waals surface area contributed by atoms with E-state index < -0.39 is 6.04 Å². The minimum absolute atomic E-state index is 0.0662. The van der Waals surface area contributed by atoms with Crippen LogP contribution < -0.4 is 5.32 Å². The van der Waals surface area contributed by atoms with E-state index in [1.54, 1.807) is 4.90 Å². The quantitative estimate of drug-likeness (QED) is 0.309. The molecule has 36 heavy (non-hydrogen) atoms. The Morgan fingerprint density at radius 1 is 0.889 bits per heavy atom. The van der Waals surface area contributed by atoms with Crippen LogP contribution >= 0.6 is 23.4 Å². The second-order valence-corrected chi connectivity index (χ2v) is 10.8. The van der Waals surface area contributed by atoms with Crippen molar-refractivity contribution in [1.82, 2.24) is 10.2 Å². The minimum atomic E-state index is -0.614. The van der Waals surface area contributed by atoms with Gasteiger partial charge in [0.25, 0.3) is 0 Å². The van der Waals surface area contributed by atoms with Crippen molar-refractivity contribution < 1.29 is 9.59 Å². The second-order valence-electron chi connectivity index (χ2n) is 9.30. The van der Waals surface area contributed by atoms with Gasteiger partial charge in [0.1, 0.15) is 6.04 Å². The summed E-state index contributed by atoms with van der Waals surface area (Å²) < 4.78 is 0. The number of nitrogens with zero attached hydrogens (tertiary/aromatic N) is 1. The van der Waals surface area contributed by atoms with E-state index in [1.807, 2.05) is 84.9 Å². The van der Waals surface area contributed by atoms with Gasteiger partial charge in [-0.15, -0.1) is 11.8 Å². The van der Waals surface area contributed by atoms with Gasteiger partial charge in [0, 0.05) is 28.9 Å². The van der Waals surface area contributed by atoms with Gasteiger partial charge in [0.15, 0.2) is 0 Å². The zero-order chi connectivity index (χ0) is 25.2. The smallest absolute Gasteiger partial charge is 0.243 e. The lowest BCUT2D eigenvalue weighted by atomic mass is 9.94. The van der Waals surface area contributed by atoms with Gasteiger partial charge in [0.2, 0.25) is 11.8 Å². The summed E-state index contributed by atoms with van der Waals surface area (Å²) in [4.78, 5) is 30.3. The molecule has 1 aliphatic carbocycles. The molecule has 6 heteroatoms. The Balaban J connectivity index is 1.60. The van der Waals surface area contributed by atoms with Crippen LogP contribution in [0.25, 0.3) is 0 Å². The van der Waals surface area contributed by atoms with Crippen LogP contribution in [0, 0.1) is 0 Å². The zero-order valence-electron chi connectivity index (χ0n) is 20.4. The van der Waals surface area contributed by atoms with Crippen molar-refractivity contribution in [3.05, 3.63) is 101 Å². The summed E-state index contributed by atoms with van der Waals surface area (Å²) >= 11 is 7.76. The van der Waals surface area contributed by atoms with Crippen LogP contribution in [0.15, 0.2) is 89.8 Å². The lowest BCUT2D eigenvalue weighted by Crippen LogP contribution is -2.53. The molecule has 0 heterocycles. The third-order valence-corrected chi connectivity index (χ3v) is 7.80. The summed E-state index contributed by atoms with van der Waals surface area (Å²) in [5, 5.41) is 3.90. The van der Waals surface area contributed by atoms with E-state index in [1.165, 1.54) is 18.2 Å². The number of halogens is 1. The predicted molar refractivity (Wildman–Crippen MR) is 148 cm³/mol. The number of nitrogens with one attached hydrogen (secondary N) is 1. The molecule has 0 bridgehead atoms. The maximum Gasteiger partial charge on any atom is 0.243 e. The van der Waals surface area contributed by atoms with Gasteiger partial charge in [-0.05, 0) is 48.2 Å². The lowest BCUT2D eigenvalue weighted by Gasteiger charge is -2.33. The Bertz CT molecular complexity index is 1120. The second kappa shape index (κ2) is 13.5. The Morgan fingerprint density at radius 2 is 1.56 bits per heavy atom. The molecule has 4 nitrogen and oxygen atoms in total. The van der Waals surface area contributed by atoms with Crippen LogP contribution in [-0.4, -0.2) is 34.6 Å². The fourth-order valence-electron chi connectivity index (χ4n) is 4.67. The standard InChI is InChI=1S/C30H33ClN2O2S/c31-25-14-10-13-24(19-25)21-33(29(34)22-36-27-17-8-3-9-18-27)28(20-23-11-4-1-5-12-23)30(35)32-26-15-6-2-7-16-26/h1,3-5,8-14,17-19,26,28H,2,6-7,15-16,20-22H2,(H,32,35)/t28-/m1/s1. The van der Waals surface area contributed by atoms with Crippen LogP contribution in [0.1, 0.15) is 43.2 Å². The van der Waals surface area contributed by atoms with Crippen molar-refractivity contribution in [2.24, 2.45) is 0 Å². The summed E-state index contributed by atoms with van der Waals surface area (Å²) in [6.45, 7) is 0.324. The highest BCUT2D eigenvalue weighted by Crippen LogP contribution is 2.23. The molecule has 1 fully saturated rings. The van der Waals surface area contributed by atoms with Gasteiger partial charge in [-0.25, -0.2) is 0 Å². The lowest BCUT2D eigenvalue weighted by molar-refractivity contribution is -0.139. The van der Waals surface area contributed by atoms with Gasteiger partial charge in [0.05, 0.1) is 5.75 Å². The molecule has 2 amide bonds. The highest BCUT2D eigenvalue weighted by molar-refractivity contribution is 8.00. The van der Waals surface area contributed by atoms with Crippen molar-refractivity contribution in [3.8, 4) is 0 Å². The van der Waals surface area contributed by atoms with Crippen LogP contribution in [-0.2, 0) is 22.6 Å². The van der Waals surface area contributed by atoms with E-state index in [4.69, 9.17) is 11.6 Å². The first-order chi connectivity index (χ1) is 17.6. The average Bonchev–Trinajstić information content (AvgIpc) is 2.91. The Hall–Kier alpha value is -2.76. The van der Waals surface area contributed by atoms with Gasteiger partial charge in [-0.1, -0.05) is 91.5 Å². The largest absolute Gasteiger partial charge is 0.352 e. The molecule has 0 aromatic heterocycles. The normalized spacial score (nSPS) is 14.7. The number of carbonyl (C=O) groups is 2. The molecular weight excluding hydrogens is 488 g/mol. The molecule has 188 valence electrons. The van der Waals surface area contributed by atoms with Gasteiger partial charge < -0.3 is 10.2 Å². The fraction of sp³-hybridized carbons (Fsp3) is 0.333. The SMILES string of the molecule is O=C(NC1CCCCC1)[C@@H](Cc1ccccc1)N(Cc1cccc(Cl)c1)C(=O)CSc1ccccc1. The highest BCUT2D eigenvalue weighted by Gasteiger charge is 2.32. The van der Waals surface area contributed by atoms with Crippen molar-refractivity contribution in [2.45, 2.75) is 62.0 Å². The first kappa shape index (κ1) is 26.3. The molecule has 3 aromatic carbocycles. The van der Waals surface area contributed by atoms with Crippen molar-refractivity contribution in [2.75, 3.05) is 5.75 Å². The van der Waals surface area contributed by atoms with Crippen LogP contribution in [0.4, 0.5) is 0 Å². The fourth-order valence-corrected chi connectivity index (χ4v) is 5.69. The zero-order valence-corrected chi connectivity index (χ0v) is 22.0. The summed E-state index contributed by atoms with van der Waals surface area (Å²) in [7, 11) is 0. The van der Waals surface area contributed by atoms with E-state index in [0.717, 1.165) is 41.7 Å². The Morgan fingerprint density at radius 3 is 2.25 bits per heavy atom. The van der Waals surface area contributed by atoms with E-state index in [-0.39, 0.29) is 23.6 Å². The van der Waals surface area contributed by atoms with Gasteiger partial charge in [-0.2, -0.15) is 0 Å². The molecular formula is C30H33ClN2O2S. The molecule has 4 rings (SSSR count). The van der Waals surface area contributed by atoms with E-state index in [9.17, 15) is 9.59 Å². The van der Waals surface area contributed by atoms with Crippen LogP contribution in [0.2, 0.25) is 5.02 Å². The summed E-state index contributed by atoms with van der Waals surface area (Å²) in [5.41, 5.74) is 1.94. The van der Waals surface area contributed by atoms with Crippen LogP contribution in [0.3, 0.4) is 0 Å². The molecule has 0 unspecified atom stereocenters. The third kappa shape index (κ3) is 7.87. The first-order valence-corrected chi connectivity index (χ1v) is 14.0. The number of hydrogen-bond donors (Lipinski definition) is 1. The molecule has 1 atom stereocenters. The highest BCUT2D eigenvalue weighted by atomic mass is 35.5. The maximum absolute atomic E-state index is 13.8. The monoisotopic (exact) mass is 520 g/mol. The molecule has 1 aliphatic rings. The predicted octanol–water partition coefficient (Wildman–Crippen LogP) is 6.52. The number of thioether (sulfide) groups is 1. The Kier molecular flexibility index (Phi) is 9.88. The number of hydrogen-bond acceptors (Lipinski definition) is 3. The Labute approximate surface area is 223 Å². The summed E-state index contributed by atoms with van der Waals surface area (Å²) in [5.74, 6) is 0.112. The van der Waals surface area contributed by atoms with E-state index in [0.29, 0.717) is 18.0 Å². The molecule has 0 saturated heterocycles. The van der Waals surface area contributed by atoms with Gasteiger partial charge in [-0.3, -0.25) is 9.59 Å². The number of benzene rings is 3. The third-order valence-electron chi connectivity index (χ3n) is 6.57. The first-order valence-electron chi connectivity index (χ1n) is 12.6. The molecule has 1 saturated carbocycles. The number of rotatable bonds is 10. The van der Waals surface area contributed by atoms with E-state index in [2.05, 4.69) is 5.32 Å². The molecule has 0 radical (unpaired) electrons. The molecule has 3 aromatic rings. The summed E-state index contributed by atoms with van der Waals surface area (Å²) in [6, 6.07) is 26.9. The average molecular weight is 521 g/mol. The number of carbonyl (C=O) groups excluding carboxylic acids is 2. The summed E-state index contributed by atoms with van der Waals surface area (Å²) in [6.07, 6.45) is 5.93. The van der Waals surface area contributed by atoms with E-state index >= 15 is 0 Å². The number of amides is 2. The van der Waals surface area contributed by atoms with Crippen molar-refractivity contribution in [1.29, 1.82) is 0 Å². The maximum atomic E-state index is 13.8. The molecule has 0 aliphatic heterocycles. The molecule has 0 spiro atoms.